The number of carbonyl (C=O) groups excluding carboxylic acids is 2. The highest BCUT2D eigenvalue weighted by Gasteiger charge is 2.32. The predicted octanol–water partition coefficient (Wildman–Crippen LogP) is 5.24. The zero-order valence-electron chi connectivity index (χ0n) is 21.5. The molecule has 34 heavy (non-hydrogen) atoms. The molecule has 1 unspecified atom stereocenters. The lowest BCUT2D eigenvalue weighted by atomic mass is 9.97. The lowest BCUT2D eigenvalue weighted by Gasteiger charge is -2.19. The Morgan fingerprint density at radius 1 is 1.12 bits per heavy atom. The summed E-state index contributed by atoms with van der Waals surface area (Å²) < 4.78 is 2.33. The van der Waals surface area contributed by atoms with Gasteiger partial charge in [-0.1, -0.05) is 38.0 Å². The number of benzene rings is 1. The Morgan fingerprint density at radius 2 is 1.88 bits per heavy atom. The highest BCUT2D eigenvalue weighted by Crippen LogP contribution is 2.39. The number of anilines is 1. The van der Waals surface area contributed by atoms with Crippen LogP contribution in [-0.2, 0) is 16.0 Å². The molecular formula is C27H41N5O2. The average Bonchev–Trinajstić information content (AvgIpc) is 3.51. The molecule has 1 heterocycles. The van der Waals surface area contributed by atoms with Crippen LogP contribution in [0, 0.1) is 19.8 Å². The SMILES string of the molecule is CC(=O)NCCCC(CC(=O)Nc1ccc(C)cc1C)c1nnc(CCCC(C)C)n1C1CC1. The molecule has 0 aliphatic heterocycles. The molecule has 3 rings (SSSR count). The van der Waals surface area contributed by atoms with Crippen molar-refractivity contribution in [2.75, 3.05) is 11.9 Å². The second-order valence-corrected chi connectivity index (χ2v) is 10.3. The molecule has 0 saturated heterocycles. The Hall–Kier alpha value is -2.70. The Kier molecular flexibility index (Phi) is 9.25. The molecule has 2 amide bonds. The van der Waals surface area contributed by atoms with Gasteiger partial charge in [0.05, 0.1) is 0 Å². The van der Waals surface area contributed by atoms with Crippen LogP contribution in [0.4, 0.5) is 5.69 Å². The first kappa shape index (κ1) is 25.9. The van der Waals surface area contributed by atoms with Crippen molar-refractivity contribution in [1.82, 2.24) is 20.1 Å². The summed E-state index contributed by atoms with van der Waals surface area (Å²) in [6, 6.07) is 6.52. The molecule has 186 valence electrons. The molecule has 1 aromatic carbocycles. The Balaban J connectivity index is 1.76. The number of aryl methyl sites for hydroxylation is 3. The van der Waals surface area contributed by atoms with Gasteiger partial charge in [-0.25, -0.2) is 0 Å². The summed E-state index contributed by atoms with van der Waals surface area (Å²) in [5, 5.41) is 15.2. The van der Waals surface area contributed by atoms with Gasteiger partial charge in [-0.2, -0.15) is 0 Å². The van der Waals surface area contributed by atoms with Crippen LogP contribution < -0.4 is 10.6 Å². The molecule has 7 nitrogen and oxygen atoms in total. The molecule has 1 aliphatic carbocycles. The van der Waals surface area contributed by atoms with E-state index in [1.54, 1.807) is 0 Å². The van der Waals surface area contributed by atoms with Crippen molar-refractivity contribution in [2.45, 2.75) is 97.9 Å². The van der Waals surface area contributed by atoms with Gasteiger partial charge in [0, 0.05) is 44.0 Å². The molecule has 0 bridgehead atoms. The maximum absolute atomic E-state index is 13.1. The molecule has 1 aromatic heterocycles. The van der Waals surface area contributed by atoms with E-state index in [0.29, 0.717) is 24.9 Å². The van der Waals surface area contributed by atoms with Gasteiger partial charge < -0.3 is 15.2 Å². The van der Waals surface area contributed by atoms with E-state index in [1.807, 2.05) is 26.0 Å². The summed E-state index contributed by atoms with van der Waals surface area (Å²) in [5.41, 5.74) is 3.09. The summed E-state index contributed by atoms with van der Waals surface area (Å²) >= 11 is 0. The van der Waals surface area contributed by atoms with Crippen LogP contribution in [0.25, 0.3) is 0 Å². The van der Waals surface area contributed by atoms with Crippen LogP contribution in [0.2, 0.25) is 0 Å². The van der Waals surface area contributed by atoms with Gasteiger partial charge in [0.25, 0.3) is 0 Å². The molecule has 1 saturated carbocycles. The molecule has 2 N–H and O–H groups in total. The fourth-order valence-corrected chi connectivity index (χ4v) is 4.50. The van der Waals surface area contributed by atoms with Crippen LogP contribution in [0.15, 0.2) is 18.2 Å². The summed E-state index contributed by atoms with van der Waals surface area (Å²) in [7, 11) is 0. The van der Waals surface area contributed by atoms with Gasteiger partial charge in [-0.15, -0.1) is 10.2 Å². The number of aromatic nitrogens is 3. The van der Waals surface area contributed by atoms with E-state index in [2.05, 4.69) is 45.3 Å². The van der Waals surface area contributed by atoms with Crippen molar-refractivity contribution >= 4 is 17.5 Å². The number of rotatable bonds is 13. The molecule has 1 fully saturated rings. The van der Waals surface area contributed by atoms with Gasteiger partial charge in [-0.05, 0) is 63.5 Å². The van der Waals surface area contributed by atoms with Crippen molar-refractivity contribution in [1.29, 1.82) is 0 Å². The third kappa shape index (κ3) is 7.67. The van der Waals surface area contributed by atoms with Gasteiger partial charge in [-0.3, -0.25) is 9.59 Å². The first-order valence-corrected chi connectivity index (χ1v) is 12.8. The lowest BCUT2D eigenvalue weighted by molar-refractivity contribution is -0.119. The van der Waals surface area contributed by atoms with Crippen LogP contribution in [0.5, 0.6) is 0 Å². The second-order valence-electron chi connectivity index (χ2n) is 10.3. The fourth-order valence-electron chi connectivity index (χ4n) is 4.50. The van der Waals surface area contributed by atoms with E-state index < -0.39 is 0 Å². The van der Waals surface area contributed by atoms with Crippen molar-refractivity contribution < 1.29 is 9.59 Å². The first-order valence-electron chi connectivity index (χ1n) is 12.8. The Labute approximate surface area is 204 Å². The number of hydrogen-bond donors (Lipinski definition) is 2. The first-order chi connectivity index (χ1) is 16.2. The number of carbonyl (C=O) groups is 2. The summed E-state index contributed by atoms with van der Waals surface area (Å²) in [6.07, 6.45) is 7.41. The third-order valence-electron chi connectivity index (χ3n) is 6.44. The minimum atomic E-state index is -0.0357. The minimum absolute atomic E-state index is 0.0109. The summed E-state index contributed by atoms with van der Waals surface area (Å²) in [6.45, 7) is 10.7. The second kappa shape index (κ2) is 12.1. The van der Waals surface area contributed by atoms with Crippen molar-refractivity contribution in [3.8, 4) is 0 Å². The average molecular weight is 468 g/mol. The zero-order valence-corrected chi connectivity index (χ0v) is 21.5. The van der Waals surface area contributed by atoms with Crippen LogP contribution >= 0.6 is 0 Å². The lowest BCUT2D eigenvalue weighted by Crippen LogP contribution is -2.23. The van der Waals surface area contributed by atoms with Crippen LogP contribution in [-0.4, -0.2) is 33.1 Å². The number of hydrogen-bond acceptors (Lipinski definition) is 4. The quantitative estimate of drug-likeness (QED) is 0.394. The molecular weight excluding hydrogens is 426 g/mol. The van der Waals surface area contributed by atoms with Crippen molar-refractivity contribution in [3.05, 3.63) is 41.0 Å². The zero-order chi connectivity index (χ0) is 24.7. The maximum Gasteiger partial charge on any atom is 0.225 e. The standard InChI is InChI=1S/C27H41N5O2/c1-18(2)8-6-10-25-30-31-27(32(25)23-12-13-23)22(9-7-15-28-21(5)33)17-26(34)29-24-14-11-19(3)16-20(24)4/h11,14,16,18,22-23H,6-10,12-13,15,17H2,1-5H3,(H,28,33)(H,29,34). The molecule has 2 aromatic rings. The molecule has 0 radical (unpaired) electrons. The highest BCUT2D eigenvalue weighted by molar-refractivity contribution is 5.92. The van der Waals surface area contributed by atoms with Gasteiger partial charge in [0.1, 0.15) is 11.6 Å². The maximum atomic E-state index is 13.1. The van der Waals surface area contributed by atoms with E-state index >= 15 is 0 Å². The van der Waals surface area contributed by atoms with E-state index in [1.165, 1.54) is 18.9 Å². The van der Waals surface area contributed by atoms with E-state index in [0.717, 1.165) is 61.4 Å². The van der Waals surface area contributed by atoms with Crippen LogP contribution in [0.1, 0.15) is 100 Å². The largest absolute Gasteiger partial charge is 0.356 e. The molecule has 7 heteroatoms. The molecule has 1 aliphatic rings. The Morgan fingerprint density at radius 3 is 2.53 bits per heavy atom. The van der Waals surface area contributed by atoms with Gasteiger partial charge >= 0.3 is 0 Å². The van der Waals surface area contributed by atoms with Gasteiger partial charge in [0.15, 0.2) is 0 Å². The van der Waals surface area contributed by atoms with E-state index in [9.17, 15) is 9.59 Å². The highest BCUT2D eigenvalue weighted by atomic mass is 16.2. The molecule has 0 spiro atoms. The topological polar surface area (TPSA) is 88.9 Å². The number of nitrogens with one attached hydrogen (secondary N) is 2. The van der Waals surface area contributed by atoms with Crippen LogP contribution in [0.3, 0.4) is 0 Å². The smallest absolute Gasteiger partial charge is 0.225 e. The Bertz CT molecular complexity index is 977. The van der Waals surface area contributed by atoms with Crippen molar-refractivity contribution in [3.63, 3.8) is 0 Å². The monoisotopic (exact) mass is 467 g/mol. The number of amides is 2. The predicted molar refractivity (Wildman–Crippen MR) is 136 cm³/mol. The van der Waals surface area contributed by atoms with Gasteiger partial charge in [0.2, 0.25) is 11.8 Å². The fraction of sp³-hybridized carbons (Fsp3) is 0.630. The summed E-state index contributed by atoms with van der Waals surface area (Å²) in [5.74, 6) is 2.58. The number of nitrogens with zero attached hydrogens (tertiary/aromatic N) is 3. The normalized spacial score (nSPS) is 14.3. The molecule has 1 atom stereocenters. The minimum Gasteiger partial charge on any atom is -0.356 e. The summed E-state index contributed by atoms with van der Waals surface area (Å²) in [4.78, 5) is 24.4. The van der Waals surface area contributed by atoms with E-state index in [4.69, 9.17) is 0 Å². The van der Waals surface area contributed by atoms with E-state index in [-0.39, 0.29) is 17.7 Å². The third-order valence-corrected chi connectivity index (χ3v) is 6.44. The van der Waals surface area contributed by atoms with Crippen molar-refractivity contribution in [2.24, 2.45) is 5.92 Å².